The van der Waals surface area contributed by atoms with Crippen molar-refractivity contribution in [3.05, 3.63) is 48.6 Å². The molecule has 0 aromatic heterocycles. The zero-order valence-electron chi connectivity index (χ0n) is 13.9. The van der Waals surface area contributed by atoms with E-state index in [9.17, 15) is 13.2 Å². The zero-order valence-corrected chi connectivity index (χ0v) is 14.7. The van der Waals surface area contributed by atoms with Gasteiger partial charge in [0.15, 0.2) is 0 Å². The quantitative estimate of drug-likeness (QED) is 0.598. The van der Waals surface area contributed by atoms with Crippen LogP contribution in [0, 0.1) is 0 Å². The lowest BCUT2D eigenvalue weighted by molar-refractivity contribution is -0.127. The topological polar surface area (TPSA) is 66.9 Å². The monoisotopic (exact) mass is 350 g/mol. The van der Waals surface area contributed by atoms with Gasteiger partial charge in [0.1, 0.15) is 5.75 Å². The smallest absolute Gasteiger partial charge is 0.246 e. The molecule has 1 heterocycles. The predicted octanol–water partition coefficient (Wildman–Crippen LogP) is 1.66. The first kappa shape index (κ1) is 18.2. The van der Waals surface area contributed by atoms with E-state index in [-0.39, 0.29) is 23.9 Å². The van der Waals surface area contributed by atoms with Crippen LogP contribution < -0.4 is 4.74 Å². The highest BCUT2D eigenvalue weighted by atomic mass is 32.2. The van der Waals surface area contributed by atoms with Crippen molar-refractivity contribution in [1.82, 2.24) is 9.21 Å². The maximum absolute atomic E-state index is 12.6. The molecule has 24 heavy (non-hydrogen) atoms. The summed E-state index contributed by atoms with van der Waals surface area (Å²) in [7, 11) is -2.01. The van der Waals surface area contributed by atoms with Crippen molar-refractivity contribution in [2.45, 2.75) is 11.8 Å². The zero-order chi connectivity index (χ0) is 17.6. The van der Waals surface area contributed by atoms with E-state index in [0.717, 1.165) is 0 Å². The highest BCUT2D eigenvalue weighted by molar-refractivity contribution is 7.89. The summed E-state index contributed by atoms with van der Waals surface area (Å²) in [4.78, 5) is 13.9. The van der Waals surface area contributed by atoms with Gasteiger partial charge in [-0.1, -0.05) is 18.2 Å². The van der Waals surface area contributed by atoms with E-state index in [0.29, 0.717) is 18.8 Å². The molecular weight excluding hydrogens is 328 g/mol. The van der Waals surface area contributed by atoms with Crippen LogP contribution in [0.4, 0.5) is 0 Å². The van der Waals surface area contributed by atoms with E-state index in [1.807, 2.05) is 13.0 Å². The fraction of sp³-hybridized carbons (Fsp3) is 0.353. The largest absolute Gasteiger partial charge is 0.497 e. The Bertz CT molecular complexity index is 715. The molecule has 1 aromatic rings. The molecule has 7 heteroatoms. The Hall–Kier alpha value is -2.12. The van der Waals surface area contributed by atoms with E-state index in [1.54, 1.807) is 29.2 Å². The summed E-state index contributed by atoms with van der Waals surface area (Å²) in [6.07, 6.45) is 6.79. The van der Waals surface area contributed by atoms with Crippen LogP contribution in [0.1, 0.15) is 6.92 Å². The van der Waals surface area contributed by atoms with Crippen LogP contribution in [0.5, 0.6) is 5.75 Å². The van der Waals surface area contributed by atoms with Crippen LogP contribution in [0.15, 0.2) is 53.5 Å². The van der Waals surface area contributed by atoms with E-state index < -0.39 is 10.0 Å². The Morgan fingerprint density at radius 2 is 1.71 bits per heavy atom. The number of sulfonamides is 1. The molecule has 0 spiro atoms. The minimum Gasteiger partial charge on any atom is -0.497 e. The summed E-state index contributed by atoms with van der Waals surface area (Å²) in [5.41, 5.74) is 0. The molecule has 0 radical (unpaired) electrons. The number of methoxy groups -OCH3 is 1. The van der Waals surface area contributed by atoms with Gasteiger partial charge in [-0.3, -0.25) is 4.79 Å². The van der Waals surface area contributed by atoms with Crippen molar-refractivity contribution < 1.29 is 17.9 Å². The first-order valence-electron chi connectivity index (χ1n) is 7.71. The van der Waals surface area contributed by atoms with Crippen LogP contribution in [-0.2, 0) is 14.8 Å². The number of rotatable bonds is 5. The van der Waals surface area contributed by atoms with Gasteiger partial charge in [-0.15, -0.1) is 0 Å². The number of nitrogens with zero attached hydrogens (tertiary/aromatic N) is 2. The molecule has 0 saturated carbocycles. The number of amides is 1. The fourth-order valence-corrected chi connectivity index (χ4v) is 3.82. The predicted molar refractivity (Wildman–Crippen MR) is 92.3 cm³/mol. The van der Waals surface area contributed by atoms with E-state index in [2.05, 4.69) is 0 Å². The minimum atomic E-state index is -3.55. The summed E-state index contributed by atoms with van der Waals surface area (Å²) in [5.74, 6) is 0.506. The summed E-state index contributed by atoms with van der Waals surface area (Å²) in [6, 6.07) is 6.31. The van der Waals surface area contributed by atoms with E-state index >= 15 is 0 Å². The molecule has 1 aromatic carbocycles. The van der Waals surface area contributed by atoms with Gasteiger partial charge in [0.25, 0.3) is 0 Å². The van der Waals surface area contributed by atoms with E-state index in [1.165, 1.54) is 29.6 Å². The second-order valence-electron chi connectivity index (χ2n) is 5.29. The second kappa shape index (κ2) is 8.12. The molecule has 0 unspecified atom stereocenters. The molecule has 0 N–H and O–H groups in total. The maximum atomic E-state index is 12.6. The number of piperazine rings is 1. The average Bonchev–Trinajstić information content (AvgIpc) is 2.62. The molecule has 1 saturated heterocycles. The van der Waals surface area contributed by atoms with Crippen LogP contribution in [0.2, 0.25) is 0 Å². The third kappa shape index (κ3) is 4.24. The van der Waals surface area contributed by atoms with Gasteiger partial charge in [0, 0.05) is 32.3 Å². The molecule has 6 nitrogen and oxygen atoms in total. The second-order valence-corrected chi connectivity index (χ2v) is 7.23. The Balaban J connectivity index is 2.01. The van der Waals surface area contributed by atoms with Crippen molar-refractivity contribution >= 4 is 15.9 Å². The summed E-state index contributed by atoms with van der Waals surface area (Å²) in [6.45, 7) is 3.22. The Labute approximate surface area is 143 Å². The van der Waals surface area contributed by atoms with Crippen LogP contribution in [-0.4, -0.2) is 56.8 Å². The first-order valence-corrected chi connectivity index (χ1v) is 9.15. The molecular formula is C17H22N2O4S. The molecule has 2 rings (SSSR count). The summed E-state index contributed by atoms with van der Waals surface area (Å²) < 4.78 is 31.7. The van der Waals surface area contributed by atoms with Crippen LogP contribution >= 0.6 is 0 Å². The van der Waals surface area contributed by atoms with Gasteiger partial charge in [-0.2, -0.15) is 4.31 Å². The molecule has 1 amide bonds. The highest BCUT2D eigenvalue weighted by Gasteiger charge is 2.29. The average molecular weight is 350 g/mol. The summed E-state index contributed by atoms with van der Waals surface area (Å²) >= 11 is 0. The molecule has 1 aliphatic heterocycles. The highest BCUT2D eigenvalue weighted by Crippen LogP contribution is 2.20. The fourth-order valence-electron chi connectivity index (χ4n) is 2.40. The number of carbonyl (C=O) groups is 1. The Kier molecular flexibility index (Phi) is 6.16. The summed E-state index contributed by atoms with van der Waals surface area (Å²) in [5, 5.41) is 0. The molecule has 130 valence electrons. The van der Waals surface area contributed by atoms with Crippen molar-refractivity contribution in [3.8, 4) is 5.75 Å². The molecule has 0 aliphatic carbocycles. The van der Waals surface area contributed by atoms with Crippen molar-refractivity contribution in [3.63, 3.8) is 0 Å². The number of benzene rings is 1. The van der Waals surface area contributed by atoms with Gasteiger partial charge < -0.3 is 9.64 Å². The van der Waals surface area contributed by atoms with Gasteiger partial charge >= 0.3 is 0 Å². The SMILES string of the molecule is C/C=C/C=C/C(=O)N1CCN(S(=O)(=O)c2ccc(OC)cc2)CC1. The molecule has 1 fully saturated rings. The number of carbonyl (C=O) groups excluding carboxylic acids is 1. The Morgan fingerprint density at radius 1 is 1.08 bits per heavy atom. The van der Waals surface area contributed by atoms with Crippen LogP contribution in [0.3, 0.4) is 0 Å². The van der Waals surface area contributed by atoms with Gasteiger partial charge in [0.2, 0.25) is 15.9 Å². The molecule has 0 atom stereocenters. The maximum Gasteiger partial charge on any atom is 0.246 e. The van der Waals surface area contributed by atoms with Gasteiger partial charge in [-0.05, 0) is 31.2 Å². The lowest BCUT2D eigenvalue weighted by Crippen LogP contribution is -2.50. The minimum absolute atomic E-state index is 0.102. The standard InChI is InChI=1S/C17H22N2O4S/c1-3-4-5-6-17(20)18-11-13-19(14-12-18)24(21,22)16-9-7-15(23-2)8-10-16/h3-10H,11-14H2,1-2H3/b4-3+,6-5+. The molecule has 1 aliphatic rings. The lowest BCUT2D eigenvalue weighted by Gasteiger charge is -2.33. The number of hydrogen-bond donors (Lipinski definition) is 0. The molecule has 0 bridgehead atoms. The number of ether oxygens (including phenoxy) is 1. The van der Waals surface area contributed by atoms with Gasteiger partial charge in [0.05, 0.1) is 12.0 Å². The number of hydrogen-bond acceptors (Lipinski definition) is 4. The lowest BCUT2D eigenvalue weighted by atomic mass is 10.3. The Morgan fingerprint density at radius 3 is 2.25 bits per heavy atom. The third-order valence-corrected chi connectivity index (χ3v) is 5.70. The van der Waals surface area contributed by atoms with E-state index in [4.69, 9.17) is 4.74 Å². The van der Waals surface area contributed by atoms with Crippen molar-refractivity contribution in [2.75, 3.05) is 33.3 Å². The van der Waals surface area contributed by atoms with Crippen LogP contribution in [0.25, 0.3) is 0 Å². The van der Waals surface area contributed by atoms with Crippen molar-refractivity contribution in [2.24, 2.45) is 0 Å². The third-order valence-electron chi connectivity index (χ3n) is 3.79. The normalized spacial score (nSPS) is 16.8. The number of allylic oxidation sites excluding steroid dienone is 3. The first-order chi connectivity index (χ1) is 11.5. The van der Waals surface area contributed by atoms with Crippen molar-refractivity contribution in [1.29, 1.82) is 0 Å². The van der Waals surface area contributed by atoms with Gasteiger partial charge in [-0.25, -0.2) is 8.42 Å².